The van der Waals surface area contributed by atoms with Crippen molar-refractivity contribution < 1.29 is 4.74 Å². The molecular formula is C23H33ClIN5O. The normalized spacial score (nSPS) is 15.3. The first-order valence-corrected chi connectivity index (χ1v) is 11.0. The zero-order valence-electron chi connectivity index (χ0n) is 18.3. The summed E-state index contributed by atoms with van der Waals surface area (Å²) in [6, 6.07) is 12.3. The molecule has 0 radical (unpaired) electrons. The third-order valence-electron chi connectivity index (χ3n) is 5.30. The average Bonchev–Trinajstić information content (AvgIpc) is 2.77. The van der Waals surface area contributed by atoms with Gasteiger partial charge in [-0.1, -0.05) is 23.7 Å². The maximum Gasteiger partial charge on any atom is 0.191 e. The van der Waals surface area contributed by atoms with Crippen LogP contribution in [0.2, 0.25) is 5.02 Å². The van der Waals surface area contributed by atoms with Crippen LogP contribution >= 0.6 is 35.6 Å². The molecular weight excluding hydrogens is 525 g/mol. The van der Waals surface area contributed by atoms with E-state index < -0.39 is 0 Å². The molecule has 2 aromatic rings. The molecule has 0 bridgehead atoms. The van der Waals surface area contributed by atoms with Crippen LogP contribution in [0.3, 0.4) is 0 Å². The standard InChI is InChI=1S/C23H32ClN5O.HI/c1-3-25-23(27-13-9-18-7-8-21(30-2)16-22(18)24)28-19-10-14-29(15-11-19)17-20-6-4-5-12-26-20;/h4-8,12,16,19H,3,9-11,13-15,17H2,1-2H3,(H2,25,27,28);1H. The number of benzene rings is 1. The van der Waals surface area contributed by atoms with Gasteiger partial charge in [0.1, 0.15) is 5.75 Å². The predicted molar refractivity (Wildman–Crippen MR) is 139 cm³/mol. The van der Waals surface area contributed by atoms with E-state index in [2.05, 4.69) is 39.6 Å². The maximum atomic E-state index is 6.34. The Kier molecular flexibility index (Phi) is 11.4. The highest BCUT2D eigenvalue weighted by atomic mass is 127. The molecule has 6 nitrogen and oxygen atoms in total. The molecule has 8 heteroatoms. The topological polar surface area (TPSA) is 61.8 Å². The molecule has 170 valence electrons. The lowest BCUT2D eigenvalue weighted by atomic mass is 10.0. The fourth-order valence-electron chi connectivity index (χ4n) is 3.62. The van der Waals surface area contributed by atoms with Gasteiger partial charge in [-0.2, -0.15) is 0 Å². The van der Waals surface area contributed by atoms with Crippen molar-refractivity contribution in [2.45, 2.75) is 38.8 Å². The number of hydrogen-bond donors (Lipinski definition) is 2. The Hall–Kier alpha value is -1.58. The highest BCUT2D eigenvalue weighted by molar-refractivity contribution is 14.0. The number of nitrogens with one attached hydrogen (secondary N) is 2. The van der Waals surface area contributed by atoms with E-state index >= 15 is 0 Å². The number of aromatic nitrogens is 1. The Morgan fingerprint density at radius 1 is 1.26 bits per heavy atom. The predicted octanol–water partition coefficient (Wildman–Crippen LogP) is 4.12. The molecule has 2 heterocycles. The number of methoxy groups -OCH3 is 1. The molecule has 3 rings (SSSR count). The van der Waals surface area contributed by atoms with Gasteiger partial charge in [-0.05, 0) is 56.0 Å². The molecule has 2 N–H and O–H groups in total. The molecule has 0 saturated carbocycles. The Bertz CT molecular complexity index is 813. The Balaban J connectivity index is 0.00000341. The molecule has 31 heavy (non-hydrogen) atoms. The van der Waals surface area contributed by atoms with Crippen molar-refractivity contribution in [3.8, 4) is 5.75 Å². The zero-order chi connectivity index (χ0) is 21.2. The highest BCUT2D eigenvalue weighted by Gasteiger charge is 2.20. The molecule has 0 unspecified atom stereocenters. The van der Waals surface area contributed by atoms with Crippen molar-refractivity contribution >= 4 is 41.5 Å². The van der Waals surface area contributed by atoms with E-state index in [1.54, 1.807) is 7.11 Å². The number of piperidine rings is 1. The summed E-state index contributed by atoms with van der Waals surface area (Å²) in [7, 11) is 1.65. The van der Waals surface area contributed by atoms with Crippen molar-refractivity contribution in [3.63, 3.8) is 0 Å². The zero-order valence-corrected chi connectivity index (χ0v) is 21.4. The molecule has 1 aliphatic heterocycles. The molecule has 1 aromatic heterocycles. The SMILES string of the molecule is CCNC(=NCCc1ccc(OC)cc1Cl)NC1CCN(Cc2ccccn2)CC1.I. The Labute approximate surface area is 207 Å². The molecule has 0 atom stereocenters. The number of nitrogens with zero attached hydrogens (tertiary/aromatic N) is 3. The number of aliphatic imine (C=N–C) groups is 1. The Morgan fingerprint density at radius 2 is 2.06 bits per heavy atom. The summed E-state index contributed by atoms with van der Waals surface area (Å²) in [5.41, 5.74) is 2.22. The second-order valence-corrected chi connectivity index (χ2v) is 7.89. The van der Waals surface area contributed by atoms with Gasteiger partial charge < -0.3 is 15.4 Å². The molecule has 1 saturated heterocycles. The van der Waals surface area contributed by atoms with E-state index in [1.807, 2.05) is 30.5 Å². The second-order valence-electron chi connectivity index (χ2n) is 7.48. The van der Waals surface area contributed by atoms with Gasteiger partial charge in [-0.3, -0.25) is 14.9 Å². The number of guanidine groups is 1. The van der Waals surface area contributed by atoms with Crippen LogP contribution in [0.1, 0.15) is 31.0 Å². The van der Waals surface area contributed by atoms with Crippen LogP contribution in [0.5, 0.6) is 5.75 Å². The van der Waals surface area contributed by atoms with Crippen molar-refractivity contribution in [1.29, 1.82) is 0 Å². The van der Waals surface area contributed by atoms with Gasteiger partial charge in [0.15, 0.2) is 5.96 Å². The smallest absolute Gasteiger partial charge is 0.191 e. The minimum Gasteiger partial charge on any atom is -0.497 e. The highest BCUT2D eigenvalue weighted by Crippen LogP contribution is 2.22. The van der Waals surface area contributed by atoms with Crippen LogP contribution in [0, 0.1) is 0 Å². The number of rotatable bonds is 8. The van der Waals surface area contributed by atoms with E-state index in [4.69, 9.17) is 21.3 Å². The summed E-state index contributed by atoms with van der Waals surface area (Å²) < 4.78 is 5.21. The molecule has 0 amide bonds. The van der Waals surface area contributed by atoms with Gasteiger partial charge >= 0.3 is 0 Å². The first-order valence-electron chi connectivity index (χ1n) is 10.7. The number of halogens is 2. The first-order chi connectivity index (χ1) is 14.7. The molecule has 1 fully saturated rings. The summed E-state index contributed by atoms with van der Waals surface area (Å²) in [6.45, 7) is 6.66. The van der Waals surface area contributed by atoms with Crippen LogP contribution in [-0.2, 0) is 13.0 Å². The van der Waals surface area contributed by atoms with Gasteiger partial charge in [0.25, 0.3) is 0 Å². The van der Waals surface area contributed by atoms with Crippen LogP contribution in [0.15, 0.2) is 47.6 Å². The van der Waals surface area contributed by atoms with Gasteiger partial charge in [-0.15, -0.1) is 24.0 Å². The minimum atomic E-state index is 0. The van der Waals surface area contributed by atoms with Gasteiger partial charge in [0, 0.05) is 50.0 Å². The van der Waals surface area contributed by atoms with Crippen molar-refractivity contribution in [3.05, 3.63) is 58.9 Å². The fourth-order valence-corrected chi connectivity index (χ4v) is 3.88. The number of ether oxygens (including phenoxy) is 1. The van der Waals surface area contributed by atoms with Gasteiger partial charge in [-0.25, -0.2) is 0 Å². The van der Waals surface area contributed by atoms with E-state index in [1.165, 1.54) is 0 Å². The third-order valence-corrected chi connectivity index (χ3v) is 5.65. The van der Waals surface area contributed by atoms with Crippen LogP contribution < -0.4 is 15.4 Å². The first kappa shape index (κ1) is 25.7. The van der Waals surface area contributed by atoms with Crippen molar-refractivity contribution in [2.75, 3.05) is 33.3 Å². The molecule has 1 aromatic carbocycles. The largest absolute Gasteiger partial charge is 0.497 e. The lowest BCUT2D eigenvalue weighted by Gasteiger charge is -2.32. The summed E-state index contributed by atoms with van der Waals surface area (Å²) in [6.07, 6.45) is 4.85. The molecule has 1 aliphatic rings. The number of likely N-dealkylation sites (tertiary alicyclic amines) is 1. The van der Waals surface area contributed by atoms with Gasteiger partial charge in [0.05, 0.1) is 12.8 Å². The molecule has 0 spiro atoms. The second kappa shape index (κ2) is 13.8. The lowest BCUT2D eigenvalue weighted by molar-refractivity contribution is 0.196. The number of pyridine rings is 1. The monoisotopic (exact) mass is 557 g/mol. The lowest BCUT2D eigenvalue weighted by Crippen LogP contribution is -2.48. The number of hydrogen-bond acceptors (Lipinski definition) is 4. The van der Waals surface area contributed by atoms with Crippen LogP contribution in [-0.4, -0.2) is 55.2 Å². The van der Waals surface area contributed by atoms with E-state index in [-0.39, 0.29) is 24.0 Å². The van der Waals surface area contributed by atoms with E-state index in [0.29, 0.717) is 12.6 Å². The third kappa shape index (κ3) is 8.46. The maximum absolute atomic E-state index is 6.34. The van der Waals surface area contributed by atoms with Crippen molar-refractivity contribution in [1.82, 2.24) is 20.5 Å². The molecule has 0 aliphatic carbocycles. The van der Waals surface area contributed by atoms with Crippen LogP contribution in [0.4, 0.5) is 0 Å². The van der Waals surface area contributed by atoms with Crippen LogP contribution in [0.25, 0.3) is 0 Å². The van der Waals surface area contributed by atoms with E-state index in [0.717, 1.165) is 73.4 Å². The Morgan fingerprint density at radius 3 is 2.71 bits per heavy atom. The quantitative estimate of drug-likeness (QED) is 0.290. The summed E-state index contributed by atoms with van der Waals surface area (Å²) in [5, 5.41) is 7.69. The van der Waals surface area contributed by atoms with E-state index in [9.17, 15) is 0 Å². The summed E-state index contributed by atoms with van der Waals surface area (Å²) in [5.74, 6) is 1.65. The average molecular weight is 558 g/mol. The fraction of sp³-hybridized carbons (Fsp3) is 0.478. The van der Waals surface area contributed by atoms with Gasteiger partial charge in [0.2, 0.25) is 0 Å². The summed E-state index contributed by atoms with van der Waals surface area (Å²) in [4.78, 5) is 11.7. The summed E-state index contributed by atoms with van der Waals surface area (Å²) >= 11 is 6.34. The van der Waals surface area contributed by atoms with Crippen molar-refractivity contribution in [2.24, 2.45) is 4.99 Å². The minimum absolute atomic E-state index is 0.